The van der Waals surface area contributed by atoms with E-state index in [0.717, 1.165) is 40.7 Å². The highest BCUT2D eigenvalue weighted by Crippen LogP contribution is 2.34. The fourth-order valence-corrected chi connectivity index (χ4v) is 3.73. The Morgan fingerprint density at radius 1 is 1.31 bits per heavy atom. The minimum absolute atomic E-state index is 0.212. The van der Waals surface area contributed by atoms with Crippen molar-refractivity contribution < 1.29 is 4.39 Å². The van der Waals surface area contributed by atoms with Gasteiger partial charge in [-0.05, 0) is 61.7 Å². The van der Waals surface area contributed by atoms with Crippen molar-refractivity contribution in [1.29, 1.82) is 0 Å². The number of rotatable bonds is 4. The molecule has 0 saturated carbocycles. The van der Waals surface area contributed by atoms with Gasteiger partial charge in [-0.2, -0.15) is 0 Å². The summed E-state index contributed by atoms with van der Waals surface area (Å²) < 4.78 is 14.5. The maximum atomic E-state index is 14.5. The van der Waals surface area contributed by atoms with E-state index in [2.05, 4.69) is 15.6 Å². The summed E-state index contributed by atoms with van der Waals surface area (Å²) in [5.74, 6) is 0.269. The summed E-state index contributed by atoms with van der Waals surface area (Å²) in [5.41, 5.74) is 9.25. The normalized spacial score (nSPS) is 16.9. The van der Waals surface area contributed by atoms with E-state index in [1.807, 2.05) is 31.2 Å². The predicted octanol–water partition coefficient (Wildman–Crippen LogP) is 4.10. The zero-order valence-corrected chi connectivity index (χ0v) is 14.8. The van der Waals surface area contributed by atoms with Crippen LogP contribution in [0.4, 0.5) is 15.9 Å². The summed E-state index contributed by atoms with van der Waals surface area (Å²) >= 11 is 0. The lowest BCUT2D eigenvalue weighted by atomic mass is 9.96. The van der Waals surface area contributed by atoms with Gasteiger partial charge in [-0.1, -0.05) is 12.1 Å². The number of benzene rings is 2. The standard InChI is InChI=1S/C21H23FN4/c1-13-4-2-6-18(22)21(13)14-8-15-11-26-20(23)10-17(15)19(9-14)25-12-16-5-3-7-24-16/h2,4,6,8-11,16,24-25H,3,5,7,12H2,1H3,(H2,23,26). The molecule has 1 unspecified atom stereocenters. The molecule has 2 aromatic carbocycles. The number of anilines is 2. The maximum absolute atomic E-state index is 14.5. The zero-order valence-electron chi connectivity index (χ0n) is 14.8. The Hall–Kier alpha value is -2.66. The van der Waals surface area contributed by atoms with Crippen molar-refractivity contribution in [1.82, 2.24) is 10.3 Å². The van der Waals surface area contributed by atoms with Gasteiger partial charge in [0.25, 0.3) is 0 Å². The molecule has 1 aliphatic rings. The van der Waals surface area contributed by atoms with Crippen LogP contribution in [0.1, 0.15) is 18.4 Å². The first-order valence-electron chi connectivity index (χ1n) is 9.04. The van der Waals surface area contributed by atoms with Gasteiger partial charge in [-0.3, -0.25) is 0 Å². The minimum atomic E-state index is -0.212. The van der Waals surface area contributed by atoms with Gasteiger partial charge < -0.3 is 16.4 Å². The number of aromatic nitrogens is 1. The first kappa shape index (κ1) is 16.8. The van der Waals surface area contributed by atoms with Gasteiger partial charge >= 0.3 is 0 Å². The highest BCUT2D eigenvalue weighted by molar-refractivity contribution is 5.98. The third-order valence-electron chi connectivity index (χ3n) is 5.07. The average Bonchev–Trinajstić information content (AvgIpc) is 3.13. The molecule has 1 atom stereocenters. The highest BCUT2D eigenvalue weighted by atomic mass is 19.1. The summed E-state index contributed by atoms with van der Waals surface area (Å²) in [6.07, 6.45) is 4.13. The molecule has 0 spiro atoms. The van der Waals surface area contributed by atoms with Crippen LogP contribution in [0.2, 0.25) is 0 Å². The maximum Gasteiger partial charge on any atom is 0.131 e. The molecule has 0 radical (unpaired) electrons. The van der Waals surface area contributed by atoms with Crippen LogP contribution in [0.25, 0.3) is 21.9 Å². The van der Waals surface area contributed by atoms with Crippen LogP contribution in [0.3, 0.4) is 0 Å². The van der Waals surface area contributed by atoms with E-state index in [-0.39, 0.29) is 5.82 Å². The lowest BCUT2D eigenvalue weighted by Gasteiger charge is -2.17. The third kappa shape index (κ3) is 3.22. The van der Waals surface area contributed by atoms with Gasteiger partial charge in [0.05, 0.1) is 0 Å². The number of hydrogen-bond acceptors (Lipinski definition) is 4. The Morgan fingerprint density at radius 3 is 2.96 bits per heavy atom. The number of hydrogen-bond donors (Lipinski definition) is 3. The quantitative estimate of drug-likeness (QED) is 0.663. The number of aryl methyl sites for hydroxylation is 1. The molecule has 4 nitrogen and oxygen atoms in total. The van der Waals surface area contributed by atoms with Crippen molar-refractivity contribution in [3.05, 3.63) is 54.0 Å². The van der Waals surface area contributed by atoms with Crippen LogP contribution in [-0.2, 0) is 0 Å². The van der Waals surface area contributed by atoms with Gasteiger partial charge in [0.1, 0.15) is 11.6 Å². The van der Waals surface area contributed by atoms with Gasteiger partial charge in [-0.25, -0.2) is 9.37 Å². The second-order valence-corrected chi connectivity index (χ2v) is 6.96. The van der Waals surface area contributed by atoms with Crippen LogP contribution in [0.15, 0.2) is 42.6 Å². The molecule has 134 valence electrons. The van der Waals surface area contributed by atoms with Gasteiger partial charge in [0.15, 0.2) is 0 Å². The Bertz CT molecular complexity index is 928. The smallest absolute Gasteiger partial charge is 0.131 e. The van der Waals surface area contributed by atoms with E-state index in [1.165, 1.54) is 18.9 Å². The SMILES string of the molecule is Cc1cccc(F)c1-c1cc(NCC2CCCN2)c2cc(N)ncc2c1. The zero-order chi connectivity index (χ0) is 18.1. The van der Waals surface area contributed by atoms with Crippen LogP contribution in [-0.4, -0.2) is 24.1 Å². The fourth-order valence-electron chi connectivity index (χ4n) is 3.73. The number of halogens is 1. The molecule has 3 aromatic rings. The monoisotopic (exact) mass is 350 g/mol. The molecular formula is C21H23FN4. The van der Waals surface area contributed by atoms with Crippen molar-refractivity contribution >= 4 is 22.3 Å². The van der Waals surface area contributed by atoms with Crippen LogP contribution < -0.4 is 16.4 Å². The summed E-state index contributed by atoms with van der Waals surface area (Å²) in [7, 11) is 0. The van der Waals surface area contributed by atoms with Gasteiger partial charge in [0.2, 0.25) is 0 Å². The molecule has 1 fully saturated rings. The molecule has 0 aliphatic carbocycles. The van der Waals surface area contributed by atoms with Crippen LogP contribution in [0, 0.1) is 12.7 Å². The Morgan fingerprint density at radius 2 is 2.19 bits per heavy atom. The number of nitrogens with one attached hydrogen (secondary N) is 2. The van der Waals surface area contributed by atoms with Gasteiger partial charge in [-0.15, -0.1) is 0 Å². The second kappa shape index (κ2) is 6.92. The molecule has 0 amide bonds. The number of pyridine rings is 1. The highest BCUT2D eigenvalue weighted by Gasteiger charge is 2.16. The van der Waals surface area contributed by atoms with Crippen LogP contribution in [0.5, 0.6) is 0 Å². The summed E-state index contributed by atoms with van der Waals surface area (Å²) in [6, 6.07) is 11.5. The molecule has 5 heteroatoms. The molecule has 1 aliphatic heterocycles. The van der Waals surface area contributed by atoms with E-state index < -0.39 is 0 Å². The number of nitrogen functional groups attached to an aromatic ring is 1. The van der Waals surface area contributed by atoms with Crippen molar-refractivity contribution in [2.45, 2.75) is 25.8 Å². The van der Waals surface area contributed by atoms with E-state index >= 15 is 0 Å². The molecule has 1 aromatic heterocycles. The number of fused-ring (bicyclic) bond motifs is 1. The van der Waals surface area contributed by atoms with Crippen LogP contribution >= 0.6 is 0 Å². The first-order chi connectivity index (χ1) is 12.6. The Kier molecular flexibility index (Phi) is 4.47. The number of nitrogens with zero attached hydrogens (tertiary/aromatic N) is 1. The number of nitrogens with two attached hydrogens (primary N) is 1. The second-order valence-electron chi connectivity index (χ2n) is 6.96. The molecule has 0 bridgehead atoms. The topological polar surface area (TPSA) is 63.0 Å². The van der Waals surface area contributed by atoms with Crippen molar-refractivity contribution in [2.75, 3.05) is 24.1 Å². The van der Waals surface area contributed by atoms with E-state index in [4.69, 9.17) is 5.73 Å². The van der Waals surface area contributed by atoms with E-state index in [1.54, 1.807) is 12.3 Å². The lowest BCUT2D eigenvalue weighted by Crippen LogP contribution is -2.29. The Balaban J connectivity index is 1.80. The van der Waals surface area contributed by atoms with Crippen molar-refractivity contribution in [3.8, 4) is 11.1 Å². The van der Waals surface area contributed by atoms with Crippen molar-refractivity contribution in [2.24, 2.45) is 0 Å². The Labute approximate surface area is 152 Å². The summed E-state index contributed by atoms with van der Waals surface area (Å²) in [4.78, 5) is 4.21. The largest absolute Gasteiger partial charge is 0.384 e. The molecule has 4 N–H and O–H groups in total. The van der Waals surface area contributed by atoms with E-state index in [0.29, 0.717) is 17.4 Å². The van der Waals surface area contributed by atoms with Crippen molar-refractivity contribution in [3.63, 3.8) is 0 Å². The molecule has 4 rings (SSSR count). The predicted molar refractivity (Wildman–Crippen MR) is 106 cm³/mol. The third-order valence-corrected chi connectivity index (χ3v) is 5.07. The molecule has 1 saturated heterocycles. The van der Waals surface area contributed by atoms with E-state index in [9.17, 15) is 4.39 Å². The fraction of sp³-hybridized carbons (Fsp3) is 0.286. The minimum Gasteiger partial charge on any atom is -0.384 e. The molecule has 2 heterocycles. The molecular weight excluding hydrogens is 327 g/mol. The van der Waals surface area contributed by atoms with Gasteiger partial charge in [0, 0.05) is 40.8 Å². The summed E-state index contributed by atoms with van der Waals surface area (Å²) in [5, 5.41) is 8.98. The molecule has 26 heavy (non-hydrogen) atoms. The average molecular weight is 350 g/mol. The summed E-state index contributed by atoms with van der Waals surface area (Å²) in [6.45, 7) is 3.83. The lowest BCUT2D eigenvalue weighted by molar-refractivity contribution is 0.630. The first-order valence-corrected chi connectivity index (χ1v) is 9.04.